The molecule has 0 fully saturated rings. The third kappa shape index (κ3) is 4.47. The zero-order valence-corrected chi connectivity index (χ0v) is 15.3. The van der Waals surface area contributed by atoms with Crippen LogP contribution in [0.25, 0.3) is 0 Å². The first-order valence-corrected chi connectivity index (χ1v) is 8.32. The van der Waals surface area contributed by atoms with Gasteiger partial charge in [-0.15, -0.1) is 0 Å². The molecular formula is C16H15Cl2N2O3S. The van der Waals surface area contributed by atoms with E-state index in [9.17, 15) is 4.79 Å². The molecule has 0 bridgehead atoms. The molecule has 0 saturated carbocycles. The first-order valence-electron chi connectivity index (χ1n) is 6.99. The van der Waals surface area contributed by atoms with Crippen molar-refractivity contribution in [2.24, 2.45) is 0 Å². The van der Waals surface area contributed by atoms with Gasteiger partial charge in [0.2, 0.25) is 0 Å². The minimum Gasteiger partial charge on any atom is -0.493 e. The van der Waals surface area contributed by atoms with Crippen LogP contribution in [0.5, 0.6) is 11.5 Å². The predicted molar refractivity (Wildman–Crippen MR) is 97.8 cm³/mol. The molecule has 127 valence electrons. The van der Waals surface area contributed by atoms with Crippen molar-refractivity contribution < 1.29 is 14.3 Å². The van der Waals surface area contributed by atoms with E-state index >= 15 is 0 Å². The predicted octanol–water partition coefficient (Wildman–Crippen LogP) is 4.61. The summed E-state index contributed by atoms with van der Waals surface area (Å²) in [4.78, 5) is 16.3. The summed E-state index contributed by atoms with van der Waals surface area (Å²) in [5, 5.41) is 3.17. The summed E-state index contributed by atoms with van der Waals surface area (Å²) in [6.45, 7) is 1.84. The maximum absolute atomic E-state index is 12.5. The molecule has 5 nitrogen and oxygen atoms in total. The van der Waals surface area contributed by atoms with Gasteiger partial charge in [-0.05, 0) is 25.1 Å². The van der Waals surface area contributed by atoms with E-state index in [1.165, 1.54) is 19.5 Å². The van der Waals surface area contributed by atoms with E-state index in [2.05, 4.69) is 10.3 Å². The first-order chi connectivity index (χ1) is 11.5. The number of pyridine rings is 1. The van der Waals surface area contributed by atoms with Crippen molar-refractivity contribution in [2.45, 2.75) is 13.0 Å². The van der Waals surface area contributed by atoms with E-state index in [1.54, 1.807) is 18.2 Å². The Bertz CT molecular complexity index is 723. The SMILES string of the molecule is COc1ccc(C(=O)Nc2c(Cl)cncc2Cl)cc1OC(C)C[S]. The van der Waals surface area contributed by atoms with Crippen molar-refractivity contribution in [1.29, 1.82) is 0 Å². The summed E-state index contributed by atoms with van der Waals surface area (Å²) < 4.78 is 10.9. The summed E-state index contributed by atoms with van der Waals surface area (Å²) in [7, 11) is 1.52. The number of hydrogen-bond donors (Lipinski definition) is 1. The van der Waals surface area contributed by atoms with Crippen LogP contribution in [0.1, 0.15) is 17.3 Å². The van der Waals surface area contributed by atoms with Crippen LogP contribution >= 0.6 is 35.8 Å². The number of ether oxygens (including phenoxy) is 2. The minimum absolute atomic E-state index is 0.184. The van der Waals surface area contributed by atoms with Crippen LogP contribution in [0.4, 0.5) is 5.69 Å². The standard InChI is InChI=1S/C16H15Cl2N2O3S/c1-9(8-24)23-14-5-10(3-4-13(14)22-2)16(21)20-15-11(17)6-19-7-12(15)18/h3-7,9H,8H2,1-2H3,(H,19,20,21). The summed E-state index contributed by atoms with van der Waals surface area (Å²) >= 11 is 17.0. The lowest BCUT2D eigenvalue weighted by atomic mass is 10.2. The number of nitrogens with one attached hydrogen (secondary N) is 1. The van der Waals surface area contributed by atoms with Crippen LogP contribution < -0.4 is 14.8 Å². The van der Waals surface area contributed by atoms with Gasteiger partial charge in [-0.25, -0.2) is 0 Å². The van der Waals surface area contributed by atoms with Crippen LogP contribution in [-0.4, -0.2) is 29.9 Å². The van der Waals surface area contributed by atoms with Gasteiger partial charge in [0.05, 0.1) is 22.8 Å². The average Bonchev–Trinajstić information content (AvgIpc) is 2.57. The molecule has 8 heteroatoms. The largest absolute Gasteiger partial charge is 0.493 e. The second-order valence-corrected chi connectivity index (χ2v) is 6.04. The van der Waals surface area contributed by atoms with E-state index in [1.807, 2.05) is 6.92 Å². The smallest absolute Gasteiger partial charge is 0.255 e. The lowest BCUT2D eigenvalue weighted by molar-refractivity contribution is 0.102. The fraction of sp³-hybridized carbons (Fsp3) is 0.250. The van der Waals surface area contributed by atoms with E-state index in [-0.39, 0.29) is 22.1 Å². The van der Waals surface area contributed by atoms with Gasteiger partial charge in [-0.3, -0.25) is 9.78 Å². The maximum Gasteiger partial charge on any atom is 0.255 e. The number of hydrogen-bond acceptors (Lipinski definition) is 4. The highest BCUT2D eigenvalue weighted by atomic mass is 35.5. The van der Waals surface area contributed by atoms with Crippen LogP contribution in [-0.2, 0) is 0 Å². The molecule has 0 saturated heterocycles. The van der Waals surface area contributed by atoms with Gasteiger partial charge in [0.25, 0.3) is 5.91 Å². The number of aromatic nitrogens is 1. The summed E-state index contributed by atoms with van der Waals surface area (Å²) in [6.07, 6.45) is 2.62. The Kier molecular flexibility index (Phi) is 6.60. The molecule has 1 heterocycles. The number of rotatable bonds is 6. The second-order valence-electron chi connectivity index (χ2n) is 4.89. The molecule has 1 aromatic heterocycles. The van der Waals surface area contributed by atoms with Gasteiger partial charge in [-0.1, -0.05) is 35.8 Å². The Morgan fingerprint density at radius 3 is 2.54 bits per heavy atom. The third-order valence-electron chi connectivity index (χ3n) is 3.08. The second kappa shape index (κ2) is 8.46. The van der Waals surface area contributed by atoms with Gasteiger partial charge >= 0.3 is 0 Å². The maximum atomic E-state index is 12.5. The molecule has 1 atom stereocenters. The number of methoxy groups -OCH3 is 1. The quantitative estimate of drug-likeness (QED) is 0.788. The molecule has 1 unspecified atom stereocenters. The molecule has 0 aliphatic carbocycles. The average molecular weight is 386 g/mol. The van der Waals surface area contributed by atoms with Gasteiger partial charge in [-0.2, -0.15) is 0 Å². The lowest BCUT2D eigenvalue weighted by Crippen LogP contribution is -2.16. The topological polar surface area (TPSA) is 60.5 Å². The fourth-order valence-electron chi connectivity index (χ4n) is 1.88. The normalized spacial score (nSPS) is 11.7. The van der Waals surface area contributed by atoms with Gasteiger partial charge in [0.1, 0.15) is 6.10 Å². The van der Waals surface area contributed by atoms with Crippen LogP contribution in [0.3, 0.4) is 0 Å². The van der Waals surface area contributed by atoms with Crippen molar-refractivity contribution in [3.8, 4) is 11.5 Å². The molecule has 1 N–H and O–H groups in total. The highest BCUT2D eigenvalue weighted by Crippen LogP contribution is 2.31. The molecule has 1 radical (unpaired) electrons. The monoisotopic (exact) mass is 385 g/mol. The van der Waals surface area contributed by atoms with Crippen molar-refractivity contribution in [3.05, 3.63) is 46.2 Å². The highest BCUT2D eigenvalue weighted by molar-refractivity contribution is 7.80. The van der Waals surface area contributed by atoms with Gasteiger partial charge < -0.3 is 14.8 Å². The fourth-order valence-corrected chi connectivity index (χ4v) is 2.40. The summed E-state index contributed by atoms with van der Waals surface area (Å²) in [5.41, 5.74) is 0.668. The number of carbonyl (C=O) groups is 1. The van der Waals surface area contributed by atoms with Crippen molar-refractivity contribution in [2.75, 3.05) is 18.2 Å². The van der Waals surface area contributed by atoms with Crippen molar-refractivity contribution in [1.82, 2.24) is 4.98 Å². The lowest BCUT2D eigenvalue weighted by Gasteiger charge is -2.16. The van der Waals surface area contributed by atoms with Crippen LogP contribution in [0.15, 0.2) is 30.6 Å². The number of halogens is 2. The van der Waals surface area contributed by atoms with Gasteiger partial charge in [0.15, 0.2) is 11.5 Å². The summed E-state index contributed by atoms with van der Waals surface area (Å²) in [6, 6.07) is 4.84. The number of anilines is 1. The molecule has 0 aliphatic rings. The van der Waals surface area contributed by atoms with Crippen molar-refractivity contribution in [3.63, 3.8) is 0 Å². The molecule has 24 heavy (non-hydrogen) atoms. The van der Waals surface area contributed by atoms with Crippen LogP contribution in [0, 0.1) is 0 Å². The molecule has 0 spiro atoms. The number of carbonyl (C=O) groups excluding carboxylic acids is 1. The Labute approximate surface area is 155 Å². The van der Waals surface area contributed by atoms with Crippen molar-refractivity contribution >= 4 is 47.4 Å². The zero-order chi connectivity index (χ0) is 17.7. The number of amides is 1. The Morgan fingerprint density at radius 1 is 1.29 bits per heavy atom. The van der Waals surface area contributed by atoms with E-state index < -0.39 is 0 Å². The van der Waals surface area contributed by atoms with E-state index in [0.29, 0.717) is 28.5 Å². The van der Waals surface area contributed by atoms with Crippen LogP contribution in [0.2, 0.25) is 10.0 Å². The molecule has 2 aromatic rings. The summed E-state index contributed by atoms with van der Waals surface area (Å²) in [5.74, 6) is 0.988. The molecular weight excluding hydrogens is 371 g/mol. The van der Waals surface area contributed by atoms with E-state index in [0.717, 1.165) is 0 Å². The third-order valence-corrected chi connectivity index (χ3v) is 4.12. The Hall–Kier alpha value is -1.63. The molecule has 1 aromatic carbocycles. The Balaban J connectivity index is 2.28. The molecule has 1 amide bonds. The van der Waals surface area contributed by atoms with E-state index in [4.69, 9.17) is 45.3 Å². The number of nitrogens with zero attached hydrogens (tertiary/aromatic N) is 1. The molecule has 2 rings (SSSR count). The number of benzene rings is 1. The first kappa shape index (κ1) is 18.7. The molecule has 0 aliphatic heterocycles. The highest BCUT2D eigenvalue weighted by Gasteiger charge is 2.16. The van der Waals surface area contributed by atoms with Gasteiger partial charge in [0, 0.05) is 23.7 Å². The minimum atomic E-state index is -0.386. The Morgan fingerprint density at radius 2 is 1.96 bits per heavy atom. The zero-order valence-electron chi connectivity index (χ0n) is 13.0.